The van der Waals surface area contributed by atoms with Gasteiger partial charge < -0.3 is 10.4 Å². The van der Waals surface area contributed by atoms with E-state index in [1.807, 2.05) is 60.7 Å². The van der Waals surface area contributed by atoms with Crippen molar-refractivity contribution in [3.05, 3.63) is 71.8 Å². The predicted octanol–water partition coefficient (Wildman–Crippen LogP) is 2.93. The first kappa shape index (κ1) is 14.8. The molecule has 1 heterocycles. The monoisotopic (exact) mass is 291 g/mol. The Kier molecular flexibility index (Phi) is 4.58. The van der Waals surface area contributed by atoms with Crippen LogP contribution in [0.4, 0.5) is 0 Å². The second kappa shape index (κ2) is 6.79. The molecule has 1 saturated heterocycles. The van der Waals surface area contributed by atoms with Crippen LogP contribution in [0.15, 0.2) is 60.7 Å². The summed E-state index contributed by atoms with van der Waals surface area (Å²) in [7, 11) is 0. The molecule has 0 saturated carbocycles. The van der Waals surface area contributed by atoms with Crippen molar-refractivity contribution in [3.8, 4) is 11.8 Å². The van der Waals surface area contributed by atoms with Gasteiger partial charge in [-0.25, -0.2) is 0 Å². The number of benzene rings is 2. The fraction of sp³-hybridized carbons (Fsp3) is 0.300. The van der Waals surface area contributed by atoms with Crippen LogP contribution >= 0.6 is 0 Å². The Hall–Kier alpha value is -2.08. The topological polar surface area (TPSA) is 32.3 Å². The number of hydrogen-bond acceptors (Lipinski definition) is 2. The van der Waals surface area contributed by atoms with E-state index >= 15 is 0 Å². The lowest BCUT2D eigenvalue weighted by atomic mass is 9.86. The standard InChI is InChI=1S/C20H21NO/c22-20(18-9-3-1-4-10-18,19-11-5-2-6-12-19)14-7-8-17-13-15-21-16-17/h1-6,9-12,17,21-22H,8,13,15-16H2. The van der Waals surface area contributed by atoms with Gasteiger partial charge in [0.2, 0.25) is 0 Å². The Bertz CT molecular complexity index is 609. The molecular weight excluding hydrogens is 270 g/mol. The van der Waals surface area contributed by atoms with Crippen LogP contribution in [0.2, 0.25) is 0 Å². The molecule has 0 bridgehead atoms. The molecule has 2 aromatic carbocycles. The highest BCUT2D eigenvalue weighted by molar-refractivity contribution is 5.44. The van der Waals surface area contributed by atoms with E-state index < -0.39 is 5.60 Å². The van der Waals surface area contributed by atoms with Crippen molar-refractivity contribution in [1.82, 2.24) is 5.32 Å². The fourth-order valence-electron chi connectivity index (χ4n) is 2.88. The first-order valence-electron chi connectivity index (χ1n) is 7.83. The molecular formula is C20H21NO. The van der Waals surface area contributed by atoms with Crippen LogP contribution in [-0.2, 0) is 5.60 Å². The van der Waals surface area contributed by atoms with Gasteiger partial charge in [0.05, 0.1) is 0 Å². The maximum Gasteiger partial charge on any atom is 0.176 e. The van der Waals surface area contributed by atoms with Crippen molar-refractivity contribution in [3.63, 3.8) is 0 Å². The van der Waals surface area contributed by atoms with Gasteiger partial charge in [-0.2, -0.15) is 0 Å². The molecule has 0 aliphatic carbocycles. The summed E-state index contributed by atoms with van der Waals surface area (Å²) < 4.78 is 0. The third kappa shape index (κ3) is 3.22. The van der Waals surface area contributed by atoms with E-state index in [1.54, 1.807) is 0 Å². The molecule has 1 unspecified atom stereocenters. The summed E-state index contributed by atoms with van der Waals surface area (Å²) in [6.07, 6.45) is 2.00. The van der Waals surface area contributed by atoms with Gasteiger partial charge in [-0.1, -0.05) is 72.5 Å². The molecule has 1 aliphatic rings. The lowest BCUT2D eigenvalue weighted by molar-refractivity contribution is 0.145. The van der Waals surface area contributed by atoms with Gasteiger partial charge in [-0.3, -0.25) is 0 Å². The Balaban J connectivity index is 1.91. The van der Waals surface area contributed by atoms with Crippen molar-refractivity contribution in [2.45, 2.75) is 18.4 Å². The highest BCUT2D eigenvalue weighted by Crippen LogP contribution is 2.29. The minimum Gasteiger partial charge on any atom is -0.369 e. The Morgan fingerprint density at radius 1 is 1.00 bits per heavy atom. The van der Waals surface area contributed by atoms with Gasteiger partial charge in [0.25, 0.3) is 0 Å². The summed E-state index contributed by atoms with van der Waals surface area (Å²) in [4.78, 5) is 0. The maximum atomic E-state index is 11.2. The molecule has 0 aromatic heterocycles. The predicted molar refractivity (Wildman–Crippen MR) is 89.3 cm³/mol. The van der Waals surface area contributed by atoms with Crippen LogP contribution in [-0.4, -0.2) is 18.2 Å². The van der Waals surface area contributed by atoms with E-state index in [2.05, 4.69) is 17.2 Å². The minimum absolute atomic E-state index is 0.600. The zero-order valence-corrected chi connectivity index (χ0v) is 12.6. The molecule has 0 amide bonds. The van der Waals surface area contributed by atoms with Gasteiger partial charge >= 0.3 is 0 Å². The number of nitrogens with one attached hydrogen (secondary N) is 1. The van der Waals surface area contributed by atoms with Gasteiger partial charge in [-0.15, -0.1) is 0 Å². The maximum absolute atomic E-state index is 11.2. The van der Waals surface area contributed by atoms with Crippen LogP contribution in [0.25, 0.3) is 0 Å². The van der Waals surface area contributed by atoms with Crippen molar-refractivity contribution in [1.29, 1.82) is 0 Å². The number of rotatable bonds is 3. The summed E-state index contributed by atoms with van der Waals surface area (Å²) in [5.74, 6) is 6.96. The first-order valence-corrected chi connectivity index (χ1v) is 7.83. The molecule has 0 spiro atoms. The molecule has 2 heteroatoms. The molecule has 112 valence electrons. The highest BCUT2D eigenvalue weighted by atomic mass is 16.3. The van der Waals surface area contributed by atoms with Gasteiger partial charge in [0, 0.05) is 17.5 Å². The summed E-state index contributed by atoms with van der Waals surface area (Å²) in [5.41, 5.74) is 0.394. The summed E-state index contributed by atoms with van der Waals surface area (Å²) in [6.45, 7) is 2.11. The largest absolute Gasteiger partial charge is 0.369 e. The zero-order chi connectivity index (χ0) is 15.3. The summed E-state index contributed by atoms with van der Waals surface area (Å²) in [6, 6.07) is 19.4. The van der Waals surface area contributed by atoms with Crippen molar-refractivity contribution < 1.29 is 5.11 Å². The van der Waals surface area contributed by atoms with E-state index in [0.717, 1.165) is 30.6 Å². The number of aliphatic hydroxyl groups is 1. The van der Waals surface area contributed by atoms with Crippen molar-refractivity contribution in [2.75, 3.05) is 13.1 Å². The molecule has 3 rings (SSSR count). The van der Waals surface area contributed by atoms with Gasteiger partial charge in [-0.05, 0) is 25.4 Å². The molecule has 1 atom stereocenters. The number of hydrogen-bond donors (Lipinski definition) is 2. The lowest BCUT2D eigenvalue weighted by Crippen LogP contribution is -2.25. The molecule has 0 radical (unpaired) electrons. The molecule has 1 fully saturated rings. The Morgan fingerprint density at radius 2 is 1.59 bits per heavy atom. The quantitative estimate of drug-likeness (QED) is 0.852. The smallest absolute Gasteiger partial charge is 0.176 e. The molecule has 2 nitrogen and oxygen atoms in total. The van der Waals surface area contributed by atoms with E-state index in [1.165, 1.54) is 6.42 Å². The molecule has 2 aromatic rings. The molecule has 1 aliphatic heterocycles. The lowest BCUT2D eigenvalue weighted by Gasteiger charge is -2.23. The van der Waals surface area contributed by atoms with E-state index in [-0.39, 0.29) is 0 Å². The minimum atomic E-state index is -1.24. The Labute approximate surface area is 132 Å². The highest BCUT2D eigenvalue weighted by Gasteiger charge is 2.29. The van der Waals surface area contributed by atoms with Crippen LogP contribution in [0.5, 0.6) is 0 Å². The van der Waals surface area contributed by atoms with E-state index in [0.29, 0.717) is 5.92 Å². The average molecular weight is 291 g/mol. The van der Waals surface area contributed by atoms with Gasteiger partial charge in [0.1, 0.15) is 0 Å². The summed E-state index contributed by atoms with van der Waals surface area (Å²) >= 11 is 0. The second-order valence-corrected chi connectivity index (χ2v) is 5.81. The van der Waals surface area contributed by atoms with Crippen LogP contribution < -0.4 is 5.32 Å². The average Bonchev–Trinajstić information content (AvgIpc) is 3.10. The first-order chi connectivity index (χ1) is 10.8. The fourth-order valence-corrected chi connectivity index (χ4v) is 2.88. The normalized spacial score (nSPS) is 17.8. The van der Waals surface area contributed by atoms with Crippen molar-refractivity contribution >= 4 is 0 Å². The van der Waals surface area contributed by atoms with Crippen LogP contribution in [0, 0.1) is 17.8 Å². The van der Waals surface area contributed by atoms with E-state index in [9.17, 15) is 5.11 Å². The summed E-state index contributed by atoms with van der Waals surface area (Å²) in [5, 5.41) is 14.6. The third-order valence-corrected chi connectivity index (χ3v) is 4.21. The van der Waals surface area contributed by atoms with Crippen LogP contribution in [0.1, 0.15) is 24.0 Å². The van der Waals surface area contributed by atoms with Gasteiger partial charge in [0.15, 0.2) is 5.60 Å². The Morgan fingerprint density at radius 3 is 2.09 bits per heavy atom. The van der Waals surface area contributed by atoms with E-state index in [4.69, 9.17) is 0 Å². The second-order valence-electron chi connectivity index (χ2n) is 5.81. The molecule has 2 N–H and O–H groups in total. The third-order valence-electron chi connectivity index (χ3n) is 4.21. The van der Waals surface area contributed by atoms with Crippen molar-refractivity contribution in [2.24, 2.45) is 5.92 Å². The zero-order valence-electron chi connectivity index (χ0n) is 12.6. The SMILES string of the molecule is OC(C#CCC1CCNC1)(c1ccccc1)c1ccccc1. The van der Waals surface area contributed by atoms with Crippen LogP contribution in [0.3, 0.4) is 0 Å². The molecule has 22 heavy (non-hydrogen) atoms.